The van der Waals surface area contributed by atoms with E-state index in [1.807, 2.05) is 66.9 Å². The molecule has 2 nitrogen and oxygen atoms in total. The minimum absolute atomic E-state index is 0.0475. The first-order chi connectivity index (χ1) is 17.5. The third kappa shape index (κ3) is 5.63. The molecular formula is C31H22Cl3NO. The van der Waals surface area contributed by atoms with E-state index in [4.69, 9.17) is 34.8 Å². The second-order valence-electron chi connectivity index (χ2n) is 8.83. The summed E-state index contributed by atoms with van der Waals surface area (Å²) in [6.45, 7) is 0. The quantitative estimate of drug-likeness (QED) is 0.196. The smallest absolute Gasteiger partial charge is 0.193 e. The molecule has 0 aliphatic carbocycles. The van der Waals surface area contributed by atoms with Gasteiger partial charge in [-0.15, -0.1) is 0 Å². The van der Waals surface area contributed by atoms with Crippen LogP contribution in [0.15, 0.2) is 103 Å². The van der Waals surface area contributed by atoms with Crippen molar-refractivity contribution >= 4 is 51.5 Å². The van der Waals surface area contributed by atoms with Gasteiger partial charge < -0.3 is 0 Å². The molecule has 0 fully saturated rings. The van der Waals surface area contributed by atoms with Crippen molar-refractivity contribution in [2.45, 2.75) is 18.8 Å². The minimum atomic E-state index is -0.0475. The predicted molar refractivity (Wildman–Crippen MR) is 150 cm³/mol. The average molecular weight is 531 g/mol. The molecular weight excluding hydrogens is 509 g/mol. The van der Waals surface area contributed by atoms with Crippen LogP contribution in [0.4, 0.5) is 0 Å². The fraction of sp³-hybridized carbons (Fsp3) is 0.0968. The maximum atomic E-state index is 13.2. The van der Waals surface area contributed by atoms with E-state index in [-0.39, 0.29) is 11.7 Å². The van der Waals surface area contributed by atoms with Crippen LogP contribution in [0.5, 0.6) is 0 Å². The molecule has 0 bridgehead atoms. The average Bonchev–Trinajstić information content (AvgIpc) is 2.88. The van der Waals surface area contributed by atoms with Gasteiger partial charge in [0.2, 0.25) is 0 Å². The van der Waals surface area contributed by atoms with Gasteiger partial charge in [0.25, 0.3) is 0 Å². The van der Waals surface area contributed by atoms with Crippen molar-refractivity contribution in [3.8, 4) is 0 Å². The van der Waals surface area contributed by atoms with Crippen LogP contribution in [-0.2, 0) is 12.8 Å². The van der Waals surface area contributed by atoms with Gasteiger partial charge in [-0.3, -0.25) is 9.78 Å². The molecule has 0 radical (unpaired) electrons. The van der Waals surface area contributed by atoms with E-state index in [9.17, 15) is 4.79 Å². The molecule has 1 heterocycles. The molecule has 0 saturated carbocycles. The Morgan fingerprint density at radius 2 is 1.42 bits per heavy atom. The zero-order valence-corrected chi connectivity index (χ0v) is 21.6. The summed E-state index contributed by atoms with van der Waals surface area (Å²) >= 11 is 18.6. The van der Waals surface area contributed by atoms with Crippen LogP contribution in [-0.4, -0.2) is 10.8 Å². The number of fused-ring (bicyclic) bond motifs is 1. The molecule has 1 atom stereocenters. The highest BCUT2D eigenvalue weighted by Crippen LogP contribution is 2.31. The Bertz CT molecular complexity index is 1550. The molecule has 5 aromatic rings. The lowest BCUT2D eigenvalue weighted by molar-refractivity contribution is 0.103. The summed E-state index contributed by atoms with van der Waals surface area (Å²) in [7, 11) is 0. The Kier molecular flexibility index (Phi) is 7.38. The lowest BCUT2D eigenvalue weighted by atomic mass is 9.85. The van der Waals surface area contributed by atoms with Crippen molar-refractivity contribution < 1.29 is 4.79 Å². The molecule has 0 saturated heterocycles. The Balaban J connectivity index is 1.53. The van der Waals surface area contributed by atoms with Crippen molar-refractivity contribution in [3.63, 3.8) is 0 Å². The third-order valence-corrected chi connectivity index (χ3v) is 7.08. The summed E-state index contributed by atoms with van der Waals surface area (Å²) in [6.07, 6.45) is 3.38. The zero-order valence-electron chi connectivity index (χ0n) is 19.3. The number of halogens is 3. The fourth-order valence-corrected chi connectivity index (χ4v) is 5.11. The van der Waals surface area contributed by atoms with Gasteiger partial charge >= 0.3 is 0 Å². The van der Waals surface area contributed by atoms with Gasteiger partial charge in [0.1, 0.15) is 0 Å². The van der Waals surface area contributed by atoms with Gasteiger partial charge in [0, 0.05) is 37.8 Å². The molecule has 0 aliphatic heterocycles. The van der Waals surface area contributed by atoms with Crippen LogP contribution in [0.25, 0.3) is 10.9 Å². The number of carbonyl (C=O) groups excluding carboxylic acids is 1. The van der Waals surface area contributed by atoms with Gasteiger partial charge in [0.05, 0.1) is 5.52 Å². The van der Waals surface area contributed by atoms with Crippen molar-refractivity contribution in [2.75, 3.05) is 0 Å². The number of ketones is 1. The van der Waals surface area contributed by atoms with E-state index in [2.05, 4.69) is 17.1 Å². The molecule has 0 spiro atoms. The van der Waals surface area contributed by atoms with Crippen LogP contribution in [0, 0.1) is 0 Å². The lowest BCUT2D eigenvalue weighted by Gasteiger charge is -2.20. The van der Waals surface area contributed by atoms with Crippen LogP contribution in [0.1, 0.15) is 38.5 Å². The molecule has 1 aromatic heterocycles. The van der Waals surface area contributed by atoms with Crippen molar-refractivity contribution in [1.82, 2.24) is 4.98 Å². The molecule has 0 N–H and O–H groups in total. The summed E-state index contributed by atoms with van der Waals surface area (Å²) in [5.74, 6) is 0.108. The number of rotatable bonds is 7. The Labute approximate surface area is 225 Å². The van der Waals surface area contributed by atoms with Gasteiger partial charge in [-0.1, -0.05) is 59.1 Å². The SMILES string of the molecule is O=C(c1ccc(Cl)cc1)c1ccc2nccc(CC(Cc3cccc(Cl)c3)c3cccc(Cl)c3)c2c1. The summed E-state index contributed by atoms with van der Waals surface area (Å²) < 4.78 is 0. The highest BCUT2D eigenvalue weighted by molar-refractivity contribution is 6.31. The normalized spacial score (nSPS) is 12.0. The summed E-state index contributed by atoms with van der Waals surface area (Å²) in [5, 5.41) is 3.00. The van der Waals surface area contributed by atoms with E-state index in [0.29, 0.717) is 21.2 Å². The highest BCUT2D eigenvalue weighted by atomic mass is 35.5. The molecule has 5 heteroatoms. The Morgan fingerprint density at radius 1 is 0.694 bits per heavy atom. The fourth-order valence-electron chi connectivity index (χ4n) is 4.57. The standard InChI is InChI=1S/C31H22Cl3NO/c32-26-10-7-21(8-11-26)31(36)24-9-12-30-29(19-24)23(13-14-35-30)17-25(22-4-2-6-28(34)18-22)15-20-3-1-5-27(33)16-20/h1-14,16,18-19,25H,15,17H2. The monoisotopic (exact) mass is 529 g/mol. The van der Waals surface area contributed by atoms with Gasteiger partial charge in [0.15, 0.2) is 5.78 Å². The molecule has 0 aliphatic rings. The number of hydrogen-bond donors (Lipinski definition) is 0. The third-order valence-electron chi connectivity index (χ3n) is 6.36. The highest BCUT2D eigenvalue weighted by Gasteiger charge is 2.17. The Morgan fingerprint density at radius 3 is 2.17 bits per heavy atom. The van der Waals surface area contributed by atoms with Crippen LogP contribution in [0.3, 0.4) is 0 Å². The van der Waals surface area contributed by atoms with Crippen molar-refractivity contribution in [1.29, 1.82) is 0 Å². The number of nitrogens with zero attached hydrogens (tertiary/aromatic N) is 1. The van der Waals surface area contributed by atoms with E-state index < -0.39 is 0 Å². The second-order valence-corrected chi connectivity index (χ2v) is 10.1. The van der Waals surface area contributed by atoms with Crippen LogP contribution < -0.4 is 0 Å². The van der Waals surface area contributed by atoms with Crippen molar-refractivity contribution in [3.05, 3.63) is 146 Å². The molecule has 0 amide bonds. The van der Waals surface area contributed by atoms with E-state index >= 15 is 0 Å². The van der Waals surface area contributed by atoms with E-state index in [0.717, 1.165) is 45.5 Å². The Hall–Kier alpha value is -3.17. The van der Waals surface area contributed by atoms with E-state index in [1.54, 1.807) is 24.3 Å². The summed E-state index contributed by atoms with van der Waals surface area (Å²) in [6, 6.07) is 30.6. The minimum Gasteiger partial charge on any atom is -0.289 e. The molecule has 5 rings (SSSR count). The summed E-state index contributed by atoms with van der Waals surface area (Å²) in [5.41, 5.74) is 5.51. The number of carbonyl (C=O) groups is 1. The number of aromatic nitrogens is 1. The van der Waals surface area contributed by atoms with Crippen molar-refractivity contribution in [2.24, 2.45) is 0 Å². The van der Waals surface area contributed by atoms with Crippen LogP contribution in [0.2, 0.25) is 15.1 Å². The second kappa shape index (κ2) is 10.8. The maximum absolute atomic E-state index is 13.2. The van der Waals surface area contributed by atoms with E-state index in [1.165, 1.54) is 0 Å². The van der Waals surface area contributed by atoms with Crippen LogP contribution >= 0.6 is 34.8 Å². The molecule has 1 unspecified atom stereocenters. The zero-order chi connectivity index (χ0) is 25.1. The topological polar surface area (TPSA) is 30.0 Å². The first-order valence-corrected chi connectivity index (χ1v) is 12.8. The van der Waals surface area contributed by atoms with Gasteiger partial charge in [-0.25, -0.2) is 0 Å². The molecule has 36 heavy (non-hydrogen) atoms. The number of pyridine rings is 1. The van der Waals surface area contributed by atoms with Gasteiger partial charge in [-0.05, 0) is 108 Å². The maximum Gasteiger partial charge on any atom is 0.193 e. The lowest BCUT2D eigenvalue weighted by Crippen LogP contribution is -2.08. The molecule has 4 aromatic carbocycles. The molecule has 178 valence electrons. The number of hydrogen-bond acceptors (Lipinski definition) is 2. The largest absolute Gasteiger partial charge is 0.289 e. The number of benzene rings is 4. The van der Waals surface area contributed by atoms with Gasteiger partial charge in [-0.2, -0.15) is 0 Å². The predicted octanol–water partition coefficient (Wildman–Crippen LogP) is 8.99. The first-order valence-electron chi connectivity index (χ1n) is 11.6. The first kappa shape index (κ1) is 24.5. The summed E-state index contributed by atoms with van der Waals surface area (Å²) in [4.78, 5) is 17.7.